The molecule has 3 heterocycles. The molecule has 8 heteroatoms. The van der Waals surface area contributed by atoms with Crippen molar-refractivity contribution >= 4 is 5.91 Å². The van der Waals surface area contributed by atoms with E-state index in [1.807, 2.05) is 4.90 Å². The normalized spacial score (nSPS) is 21.0. The zero-order valence-electron chi connectivity index (χ0n) is 15.4. The lowest BCUT2D eigenvalue weighted by Gasteiger charge is -2.28. The summed E-state index contributed by atoms with van der Waals surface area (Å²) in [7, 11) is 0. The Hall–Kier alpha value is -1.83. The second-order valence-electron chi connectivity index (χ2n) is 7.25. The van der Waals surface area contributed by atoms with E-state index in [4.69, 9.17) is 4.74 Å². The summed E-state index contributed by atoms with van der Waals surface area (Å²) >= 11 is 0. The highest BCUT2D eigenvalue weighted by Crippen LogP contribution is 2.23. The van der Waals surface area contributed by atoms with Crippen LogP contribution in [0.1, 0.15) is 48.9 Å². The van der Waals surface area contributed by atoms with Crippen molar-refractivity contribution in [3.63, 3.8) is 0 Å². The number of pyridine rings is 1. The summed E-state index contributed by atoms with van der Waals surface area (Å²) in [5.74, 6) is 0.205. The zero-order valence-corrected chi connectivity index (χ0v) is 15.4. The Morgan fingerprint density at radius 3 is 2.63 bits per heavy atom. The number of rotatable bonds is 7. The monoisotopic (exact) mass is 385 g/mol. The van der Waals surface area contributed by atoms with Crippen molar-refractivity contribution < 1.29 is 22.7 Å². The van der Waals surface area contributed by atoms with Crippen LogP contribution in [0.4, 0.5) is 13.2 Å². The first-order chi connectivity index (χ1) is 12.9. The summed E-state index contributed by atoms with van der Waals surface area (Å²) in [6, 6.07) is 3.43. The van der Waals surface area contributed by atoms with Gasteiger partial charge in [0.2, 0.25) is 5.88 Å². The van der Waals surface area contributed by atoms with Crippen LogP contribution < -0.4 is 4.74 Å². The van der Waals surface area contributed by atoms with E-state index in [9.17, 15) is 18.0 Å². The van der Waals surface area contributed by atoms with Gasteiger partial charge in [-0.25, -0.2) is 4.98 Å². The molecule has 0 aliphatic carbocycles. The Morgan fingerprint density at radius 1 is 1.19 bits per heavy atom. The largest absolute Gasteiger partial charge is 0.478 e. The van der Waals surface area contributed by atoms with Gasteiger partial charge in [0.1, 0.15) is 0 Å². The molecule has 5 nitrogen and oxygen atoms in total. The first-order valence-electron chi connectivity index (χ1n) is 9.61. The Labute approximate surface area is 157 Å². The maximum atomic E-state index is 12.8. The van der Waals surface area contributed by atoms with Crippen LogP contribution in [-0.2, 0) is 0 Å². The Kier molecular flexibility index (Phi) is 6.57. The molecule has 2 aliphatic heterocycles. The van der Waals surface area contributed by atoms with Crippen LogP contribution in [0.15, 0.2) is 18.3 Å². The van der Waals surface area contributed by atoms with E-state index in [1.54, 1.807) is 12.1 Å². The predicted molar refractivity (Wildman–Crippen MR) is 94.8 cm³/mol. The second kappa shape index (κ2) is 8.91. The standard InChI is InChI=1S/C19H26F3N3O2/c20-19(21,22)8-4-12-27-17-7-6-15(13-23-17)18(26)25-11-3-5-16(25)14-24-9-1-2-10-24/h6-7,13,16H,1-5,8-12,14H2. The first kappa shape index (κ1) is 19.9. The molecule has 0 radical (unpaired) electrons. The molecule has 0 N–H and O–H groups in total. The molecule has 0 bridgehead atoms. The minimum atomic E-state index is -4.17. The van der Waals surface area contributed by atoms with Crippen molar-refractivity contribution in [1.29, 1.82) is 0 Å². The average Bonchev–Trinajstić information content (AvgIpc) is 3.30. The van der Waals surface area contributed by atoms with Crippen molar-refractivity contribution in [2.45, 2.75) is 50.7 Å². The fourth-order valence-electron chi connectivity index (χ4n) is 3.76. The van der Waals surface area contributed by atoms with Crippen LogP contribution in [-0.4, -0.2) is 65.7 Å². The van der Waals surface area contributed by atoms with E-state index in [0.29, 0.717) is 5.56 Å². The number of ether oxygens (including phenoxy) is 1. The number of hydrogen-bond acceptors (Lipinski definition) is 4. The number of halogens is 3. The summed E-state index contributed by atoms with van der Waals surface area (Å²) in [5.41, 5.74) is 0.492. The van der Waals surface area contributed by atoms with Gasteiger partial charge >= 0.3 is 6.18 Å². The summed E-state index contributed by atoms with van der Waals surface area (Å²) in [6.45, 7) is 3.86. The third kappa shape index (κ3) is 5.82. The molecule has 1 unspecified atom stereocenters. The maximum Gasteiger partial charge on any atom is 0.389 e. The van der Waals surface area contributed by atoms with Crippen LogP contribution in [0.25, 0.3) is 0 Å². The number of hydrogen-bond donors (Lipinski definition) is 0. The first-order valence-corrected chi connectivity index (χ1v) is 9.61. The van der Waals surface area contributed by atoms with Gasteiger partial charge in [0, 0.05) is 37.8 Å². The molecule has 0 spiro atoms. The Bertz CT molecular complexity index is 616. The average molecular weight is 385 g/mol. The summed E-state index contributed by atoms with van der Waals surface area (Å²) in [5, 5.41) is 0. The van der Waals surface area contributed by atoms with Gasteiger partial charge in [-0.1, -0.05) is 0 Å². The number of alkyl halides is 3. The fraction of sp³-hybridized carbons (Fsp3) is 0.684. The van der Waals surface area contributed by atoms with Crippen molar-refractivity contribution in [1.82, 2.24) is 14.8 Å². The van der Waals surface area contributed by atoms with Crippen molar-refractivity contribution in [3.05, 3.63) is 23.9 Å². The molecular formula is C19H26F3N3O2. The van der Waals surface area contributed by atoms with Crippen molar-refractivity contribution in [3.8, 4) is 5.88 Å². The van der Waals surface area contributed by atoms with Gasteiger partial charge < -0.3 is 14.5 Å². The third-order valence-electron chi connectivity index (χ3n) is 5.14. The lowest BCUT2D eigenvalue weighted by molar-refractivity contribution is -0.136. The van der Waals surface area contributed by atoms with Gasteiger partial charge in [0.25, 0.3) is 5.91 Å². The van der Waals surface area contributed by atoms with E-state index < -0.39 is 12.6 Å². The van der Waals surface area contributed by atoms with Gasteiger partial charge in [-0.2, -0.15) is 13.2 Å². The molecular weight excluding hydrogens is 359 g/mol. The molecule has 0 saturated carbocycles. The molecule has 1 amide bonds. The topological polar surface area (TPSA) is 45.7 Å². The summed E-state index contributed by atoms with van der Waals surface area (Å²) in [4.78, 5) is 21.2. The molecule has 27 heavy (non-hydrogen) atoms. The number of amides is 1. The molecule has 1 aromatic heterocycles. The van der Waals surface area contributed by atoms with Crippen molar-refractivity contribution in [2.24, 2.45) is 0 Å². The quantitative estimate of drug-likeness (QED) is 0.674. The van der Waals surface area contributed by atoms with Crippen LogP contribution in [0, 0.1) is 0 Å². The molecule has 0 aromatic carbocycles. The lowest BCUT2D eigenvalue weighted by atomic mass is 10.2. The predicted octanol–water partition coefficient (Wildman–Crippen LogP) is 3.50. The Morgan fingerprint density at radius 2 is 1.96 bits per heavy atom. The number of carbonyl (C=O) groups is 1. The van der Waals surface area contributed by atoms with Crippen LogP contribution in [0.3, 0.4) is 0 Å². The zero-order chi connectivity index (χ0) is 19.3. The summed E-state index contributed by atoms with van der Waals surface area (Å²) in [6.07, 6.45) is 0.786. The number of carbonyl (C=O) groups excluding carboxylic acids is 1. The van der Waals surface area contributed by atoms with Crippen LogP contribution >= 0.6 is 0 Å². The highest BCUT2D eigenvalue weighted by atomic mass is 19.4. The number of nitrogens with zero attached hydrogens (tertiary/aromatic N) is 3. The van der Waals surface area contributed by atoms with Gasteiger partial charge in [-0.3, -0.25) is 4.79 Å². The highest BCUT2D eigenvalue weighted by molar-refractivity contribution is 5.94. The van der Waals surface area contributed by atoms with Gasteiger partial charge in [-0.05, 0) is 51.3 Å². The van der Waals surface area contributed by atoms with Gasteiger partial charge in [0.15, 0.2) is 0 Å². The maximum absolute atomic E-state index is 12.8. The van der Waals surface area contributed by atoms with Crippen molar-refractivity contribution in [2.75, 3.05) is 32.8 Å². The molecule has 2 fully saturated rings. The van der Waals surface area contributed by atoms with E-state index >= 15 is 0 Å². The SMILES string of the molecule is O=C(c1ccc(OCCCC(F)(F)F)nc1)N1CCCC1CN1CCCC1. The van der Waals surface area contributed by atoms with E-state index in [1.165, 1.54) is 19.0 Å². The summed E-state index contributed by atoms with van der Waals surface area (Å²) < 4.78 is 41.6. The van der Waals surface area contributed by atoms with Gasteiger partial charge in [-0.15, -0.1) is 0 Å². The van der Waals surface area contributed by atoms with Crippen LogP contribution in [0.2, 0.25) is 0 Å². The second-order valence-corrected chi connectivity index (χ2v) is 7.25. The molecule has 3 rings (SSSR count). The van der Waals surface area contributed by atoms with Gasteiger partial charge in [0.05, 0.1) is 12.2 Å². The highest BCUT2D eigenvalue weighted by Gasteiger charge is 2.31. The lowest BCUT2D eigenvalue weighted by Crippen LogP contribution is -2.42. The van der Waals surface area contributed by atoms with Crippen LogP contribution in [0.5, 0.6) is 5.88 Å². The third-order valence-corrected chi connectivity index (χ3v) is 5.14. The molecule has 150 valence electrons. The smallest absolute Gasteiger partial charge is 0.389 e. The number of aromatic nitrogens is 1. The minimum Gasteiger partial charge on any atom is -0.478 e. The van der Waals surface area contributed by atoms with E-state index in [-0.39, 0.29) is 30.9 Å². The Balaban J connectivity index is 1.50. The van der Waals surface area contributed by atoms with E-state index in [2.05, 4.69) is 9.88 Å². The minimum absolute atomic E-state index is 0.0344. The number of likely N-dealkylation sites (tertiary alicyclic amines) is 2. The molecule has 2 saturated heterocycles. The molecule has 1 aromatic rings. The molecule has 2 aliphatic rings. The molecule has 1 atom stereocenters. The van der Waals surface area contributed by atoms with E-state index in [0.717, 1.165) is 39.0 Å². The fourth-order valence-corrected chi connectivity index (χ4v) is 3.76.